The average molecular weight is 304 g/mol. The van der Waals surface area contributed by atoms with Gasteiger partial charge in [0.2, 0.25) is 0 Å². The van der Waals surface area contributed by atoms with Gasteiger partial charge in [0, 0.05) is 37.2 Å². The fourth-order valence-electron chi connectivity index (χ4n) is 1.90. The molecule has 1 aliphatic rings. The Morgan fingerprint density at radius 3 is 2.56 bits per heavy atom. The van der Waals surface area contributed by atoms with Gasteiger partial charge in [0.1, 0.15) is 0 Å². The minimum absolute atomic E-state index is 0.780. The zero-order valence-corrected chi connectivity index (χ0v) is 11.8. The Kier molecular flexibility index (Phi) is 4.25. The summed E-state index contributed by atoms with van der Waals surface area (Å²) in [5.74, 6) is 0. The predicted molar refractivity (Wildman–Crippen MR) is 71.9 cm³/mol. The average Bonchev–Trinajstić information content (AvgIpc) is 2.27. The lowest BCUT2D eigenvalue weighted by atomic mass is 10.2. The standard InChI is InChI=1S/C12H16BrClN2/c1-15-4-6-16(7-5-15)9-10-2-3-12(14)11(13)8-10/h2-3,8H,4-7,9H2,1H3. The third-order valence-electron chi connectivity index (χ3n) is 2.99. The topological polar surface area (TPSA) is 6.48 Å². The van der Waals surface area contributed by atoms with Crippen molar-refractivity contribution in [1.82, 2.24) is 9.80 Å². The largest absolute Gasteiger partial charge is 0.304 e. The summed E-state index contributed by atoms with van der Waals surface area (Å²) in [5.41, 5.74) is 1.32. The third-order valence-corrected chi connectivity index (χ3v) is 4.20. The maximum absolute atomic E-state index is 5.98. The van der Waals surface area contributed by atoms with E-state index in [0.29, 0.717) is 0 Å². The Hall–Kier alpha value is -0.0900. The molecule has 2 nitrogen and oxygen atoms in total. The first-order valence-corrected chi connectivity index (χ1v) is 6.67. The van der Waals surface area contributed by atoms with E-state index < -0.39 is 0 Å². The van der Waals surface area contributed by atoms with Crippen LogP contribution in [0.15, 0.2) is 22.7 Å². The van der Waals surface area contributed by atoms with E-state index in [2.05, 4.69) is 44.9 Å². The van der Waals surface area contributed by atoms with Gasteiger partial charge in [0.05, 0.1) is 5.02 Å². The van der Waals surface area contributed by atoms with E-state index in [1.807, 2.05) is 6.07 Å². The van der Waals surface area contributed by atoms with Crippen molar-refractivity contribution in [1.29, 1.82) is 0 Å². The third kappa shape index (κ3) is 3.20. The van der Waals surface area contributed by atoms with Gasteiger partial charge < -0.3 is 4.90 Å². The van der Waals surface area contributed by atoms with Gasteiger partial charge >= 0.3 is 0 Å². The zero-order chi connectivity index (χ0) is 11.5. The van der Waals surface area contributed by atoms with Crippen molar-refractivity contribution in [3.8, 4) is 0 Å². The molecule has 1 aromatic carbocycles. The molecule has 88 valence electrons. The predicted octanol–water partition coefficient (Wildman–Crippen LogP) is 2.85. The summed E-state index contributed by atoms with van der Waals surface area (Å²) in [4.78, 5) is 4.85. The van der Waals surface area contributed by atoms with Crippen molar-refractivity contribution >= 4 is 27.5 Å². The van der Waals surface area contributed by atoms with Crippen LogP contribution < -0.4 is 0 Å². The molecule has 0 bridgehead atoms. The van der Waals surface area contributed by atoms with Crippen LogP contribution in [0, 0.1) is 0 Å². The highest BCUT2D eigenvalue weighted by molar-refractivity contribution is 9.10. The van der Waals surface area contributed by atoms with E-state index in [4.69, 9.17) is 11.6 Å². The van der Waals surface area contributed by atoms with E-state index in [1.54, 1.807) is 0 Å². The molecule has 1 saturated heterocycles. The summed E-state index contributed by atoms with van der Waals surface area (Å²) in [6.07, 6.45) is 0. The summed E-state index contributed by atoms with van der Waals surface area (Å²) in [6.45, 7) is 5.64. The molecule has 4 heteroatoms. The Morgan fingerprint density at radius 2 is 1.94 bits per heavy atom. The second kappa shape index (κ2) is 5.50. The second-order valence-corrected chi connectivity index (χ2v) is 5.59. The molecule has 0 aromatic heterocycles. The molecule has 1 aromatic rings. The van der Waals surface area contributed by atoms with Crippen LogP contribution in [0.5, 0.6) is 0 Å². The number of piperazine rings is 1. The van der Waals surface area contributed by atoms with Crippen LogP contribution >= 0.6 is 27.5 Å². The van der Waals surface area contributed by atoms with Gasteiger partial charge in [-0.3, -0.25) is 4.90 Å². The molecule has 2 rings (SSSR count). The molecule has 0 radical (unpaired) electrons. The molecular weight excluding hydrogens is 288 g/mol. The summed E-state index contributed by atoms with van der Waals surface area (Å²) < 4.78 is 0.987. The van der Waals surface area contributed by atoms with Gasteiger partial charge in [-0.25, -0.2) is 0 Å². The van der Waals surface area contributed by atoms with Crippen molar-refractivity contribution in [2.24, 2.45) is 0 Å². The fraction of sp³-hybridized carbons (Fsp3) is 0.500. The van der Waals surface area contributed by atoms with Gasteiger partial charge in [0.25, 0.3) is 0 Å². The number of hydrogen-bond acceptors (Lipinski definition) is 2. The summed E-state index contributed by atoms with van der Waals surface area (Å²) >= 11 is 9.44. The highest BCUT2D eigenvalue weighted by Gasteiger charge is 2.13. The van der Waals surface area contributed by atoms with E-state index >= 15 is 0 Å². The minimum Gasteiger partial charge on any atom is -0.304 e. The van der Waals surface area contributed by atoms with E-state index in [1.165, 1.54) is 5.56 Å². The highest BCUT2D eigenvalue weighted by atomic mass is 79.9. The number of likely N-dealkylation sites (N-methyl/N-ethyl adjacent to an activating group) is 1. The molecule has 0 saturated carbocycles. The maximum Gasteiger partial charge on any atom is 0.0548 e. The van der Waals surface area contributed by atoms with Crippen molar-refractivity contribution in [2.75, 3.05) is 33.2 Å². The van der Waals surface area contributed by atoms with Crippen LogP contribution in [0.2, 0.25) is 5.02 Å². The first kappa shape index (κ1) is 12.4. The summed E-state index contributed by atoms with van der Waals surface area (Å²) in [5, 5.41) is 0.780. The van der Waals surface area contributed by atoms with Gasteiger partial charge in [-0.2, -0.15) is 0 Å². The monoisotopic (exact) mass is 302 g/mol. The second-order valence-electron chi connectivity index (χ2n) is 4.33. The molecule has 0 amide bonds. The lowest BCUT2D eigenvalue weighted by molar-refractivity contribution is 0.148. The number of halogens is 2. The van der Waals surface area contributed by atoms with Crippen LogP contribution in [0.4, 0.5) is 0 Å². The molecule has 0 N–H and O–H groups in total. The van der Waals surface area contributed by atoms with Crippen molar-refractivity contribution in [3.05, 3.63) is 33.3 Å². The van der Waals surface area contributed by atoms with Gasteiger partial charge in [-0.15, -0.1) is 0 Å². The lowest BCUT2D eigenvalue weighted by Gasteiger charge is -2.32. The zero-order valence-electron chi connectivity index (χ0n) is 9.42. The molecule has 1 fully saturated rings. The number of benzene rings is 1. The molecule has 1 heterocycles. The van der Waals surface area contributed by atoms with Crippen LogP contribution in [0.1, 0.15) is 5.56 Å². The molecule has 0 unspecified atom stereocenters. The molecule has 0 aliphatic carbocycles. The van der Waals surface area contributed by atoms with Crippen LogP contribution in [-0.2, 0) is 6.54 Å². The number of rotatable bonds is 2. The van der Waals surface area contributed by atoms with Gasteiger partial charge in [-0.1, -0.05) is 17.7 Å². The summed E-state index contributed by atoms with van der Waals surface area (Å²) in [7, 11) is 2.18. The van der Waals surface area contributed by atoms with E-state index in [0.717, 1.165) is 42.2 Å². The SMILES string of the molecule is CN1CCN(Cc2ccc(Cl)c(Br)c2)CC1. The molecule has 1 aliphatic heterocycles. The molecule has 0 atom stereocenters. The Labute approximate surface area is 110 Å². The Bertz CT molecular complexity index is 362. The summed E-state index contributed by atoms with van der Waals surface area (Å²) in [6, 6.07) is 6.17. The van der Waals surface area contributed by atoms with E-state index in [-0.39, 0.29) is 0 Å². The van der Waals surface area contributed by atoms with Crippen molar-refractivity contribution in [3.63, 3.8) is 0 Å². The number of hydrogen-bond donors (Lipinski definition) is 0. The van der Waals surface area contributed by atoms with Crippen LogP contribution in [0.25, 0.3) is 0 Å². The minimum atomic E-state index is 0.780. The molecule has 16 heavy (non-hydrogen) atoms. The highest BCUT2D eigenvalue weighted by Crippen LogP contribution is 2.23. The Balaban J connectivity index is 1.96. The van der Waals surface area contributed by atoms with Gasteiger partial charge in [-0.05, 0) is 40.7 Å². The van der Waals surface area contributed by atoms with Gasteiger partial charge in [0.15, 0.2) is 0 Å². The maximum atomic E-state index is 5.98. The van der Waals surface area contributed by atoms with Crippen LogP contribution in [-0.4, -0.2) is 43.0 Å². The van der Waals surface area contributed by atoms with Crippen LogP contribution in [0.3, 0.4) is 0 Å². The first-order valence-electron chi connectivity index (χ1n) is 5.50. The van der Waals surface area contributed by atoms with Crippen molar-refractivity contribution < 1.29 is 0 Å². The number of nitrogens with zero attached hydrogens (tertiary/aromatic N) is 2. The quantitative estimate of drug-likeness (QED) is 0.829. The first-order chi connectivity index (χ1) is 7.65. The molecular formula is C12H16BrClN2. The lowest BCUT2D eigenvalue weighted by Crippen LogP contribution is -2.43. The smallest absolute Gasteiger partial charge is 0.0548 e. The fourth-order valence-corrected chi connectivity index (χ4v) is 2.45. The van der Waals surface area contributed by atoms with Crippen molar-refractivity contribution in [2.45, 2.75) is 6.54 Å². The van der Waals surface area contributed by atoms with E-state index in [9.17, 15) is 0 Å². The Morgan fingerprint density at radius 1 is 1.25 bits per heavy atom. The normalized spacial score (nSPS) is 18.9. The molecule has 0 spiro atoms.